The van der Waals surface area contributed by atoms with E-state index >= 15 is 0 Å². The lowest BCUT2D eigenvalue weighted by atomic mass is 10.2. The Morgan fingerprint density at radius 2 is 1.60 bits per heavy atom. The molecule has 0 saturated carbocycles. The van der Waals surface area contributed by atoms with Crippen molar-refractivity contribution in [1.29, 1.82) is 0 Å². The SMILES string of the molecule is CCN(CCCNC(=NCc1ccccc1)NCC(=O)N(C)C)c1ccccc1.I. The molecule has 0 aliphatic heterocycles. The van der Waals surface area contributed by atoms with Crippen LogP contribution >= 0.6 is 24.0 Å². The van der Waals surface area contributed by atoms with Gasteiger partial charge in [0.25, 0.3) is 0 Å². The smallest absolute Gasteiger partial charge is 0.241 e. The average Bonchev–Trinajstić information content (AvgIpc) is 2.76. The van der Waals surface area contributed by atoms with Crippen LogP contribution < -0.4 is 15.5 Å². The van der Waals surface area contributed by atoms with E-state index in [4.69, 9.17) is 0 Å². The van der Waals surface area contributed by atoms with Crippen molar-refractivity contribution >= 4 is 41.5 Å². The van der Waals surface area contributed by atoms with Crippen molar-refractivity contribution in [2.24, 2.45) is 4.99 Å². The molecule has 0 fully saturated rings. The minimum Gasteiger partial charge on any atom is -0.372 e. The van der Waals surface area contributed by atoms with Gasteiger partial charge in [-0.15, -0.1) is 24.0 Å². The molecule has 164 valence electrons. The summed E-state index contributed by atoms with van der Waals surface area (Å²) in [5.41, 5.74) is 2.37. The summed E-state index contributed by atoms with van der Waals surface area (Å²) >= 11 is 0. The number of carbonyl (C=O) groups excluding carboxylic acids is 1. The van der Waals surface area contributed by atoms with Crippen molar-refractivity contribution in [3.63, 3.8) is 0 Å². The van der Waals surface area contributed by atoms with Gasteiger partial charge in [0.15, 0.2) is 5.96 Å². The summed E-state index contributed by atoms with van der Waals surface area (Å²) in [6, 6.07) is 20.5. The minimum atomic E-state index is 0. The van der Waals surface area contributed by atoms with Gasteiger partial charge >= 0.3 is 0 Å². The number of aliphatic imine (C=N–C) groups is 1. The van der Waals surface area contributed by atoms with E-state index < -0.39 is 0 Å². The van der Waals surface area contributed by atoms with Gasteiger partial charge in [-0.2, -0.15) is 0 Å². The molecular formula is C23H34IN5O. The summed E-state index contributed by atoms with van der Waals surface area (Å²) < 4.78 is 0. The maximum absolute atomic E-state index is 11.9. The molecule has 30 heavy (non-hydrogen) atoms. The van der Waals surface area contributed by atoms with E-state index in [0.717, 1.165) is 31.6 Å². The molecule has 0 aliphatic carbocycles. The molecule has 1 amide bonds. The van der Waals surface area contributed by atoms with Gasteiger partial charge in [0.05, 0.1) is 13.1 Å². The molecule has 0 aliphatic rings. The van der Waals surface area contributed by atoms with Gasteiger partial charge in [0.2, 0.25) is 5.91 Å². The van der Waals surface area contributed by atoms with Crippen molar-refractivity contribution in [3.05, 3.63) is 66.2 Å². The number of para-hydroxylation sites is 1. The van der Waals surface area contributed by atoms with Crippen LogP contribution in [0.15, 0.2) is 65.7 Å². The molecule has 7 heteroatoms. The standard InChI is InChI=1S/C23H33N5O.HI/c1-4-28(21-14-9-6-10-15-21)17-11-16-24-23(26-19-22(29)27(2)3)25-18-20-12-7-5-8-13-20;/h5-10,12-15H,4,11,16-19H2,1-3H3,(H2,24,25,26);1H. The summed E-state index contributed by atoms with van der Waals surface area (Å²) in [7, 11) is 3.50. The van der Waals surface area contributed by atoms with E-state index in [2.05, 4.69) is 51.7 Å². The van der Waals surface area contributed by atoms with Crippen LogP contribution in [0.5, 0.6) is 0 Å². The molecule has 2 rings (SSSR count). The molecule has 2 N–H and O–H groups in total. The first-order chi connectivity index (χ1) is 14.1. The second-order valence-corrected chi connectivity index (χ2v) is 6.99. The number of hydrogen-bond acceptors (Lipinski definition) is 3. The van der Waals surface area contributed by atoms with Gasteiger partial charge in [0, 0.05) is 39.4 Å². The molecule has 0 aromatic heterocycles. The lowest BCUT2D eigenvalue weighted by molar-refractivity contribution is -0.127. The zero-order valence-electron chi connectivity index (χ0n) is 18.2. The Balaban J connectivity index is 0.00000450. The predicted molar refractivity (Wildman–Crippen MR) is 137 cm³/mol. The fourth-order valence-electron chi connectivity index (χ4n) is 2.83. The Kier molecular flexibility index (Phi) is 12.6. The zero-order chi connectivity index (χ0) is 20.9. The number of benzene rings is 2. The summed E-state index contributed by atoms with van der Waals surface area (Å²) in [6.45, 7) is 5.66. The first kappa shape index (κ1) is 25.7. The number of anilines is 1. The average molecular weight is 523 g/mol. The molecule has 2 aromatic carbocycles. The van der Waals surface area contributed by atoms with Crippen LogP contribution in [0.25, 0.3) is 0 Å². The van der Waals surface area contributed by atoms with Gasteiger partial charge in [-0.3, -0.25) is 4.79 Å². The Morgan fingerprint density at radius 3 is 2.20 bits per heavy atom. The lowest BCUT2D eigenvalue weighted by Crippen LogP contribution is -2.43. The maximum Gasteiger partial charge on any atom is 0.241 e. The third-order valence-corrected chi connectivity index (χ3v) is 4.57. The van der Waals surface area contributed by atoms with Crippen molar-refractivity contribution in [2.75, 3.05) is 45.2 Å². The second kappa shape index (κ2) is 14.7. The van der Waals surface area contributed by atoms with Crippen LogP contribution in [0.4, 0.5) is 5.69 Å². The third kappa shape index (κ3) is 9.47. The highest BCUT2D eigenvalue weighted by molar-refractivity contribution is 14.0. The highest BCUT2D eigenvalue weighted by atomic mass is 127. The molecule has 6 nitrogen and oxygen atoms in total. The number of hydrogen-bond donors (Lipinski definition) is 2. The highest BCUT2D eigenvalue weighted by Gasteiger charge is 2.07. The van der Waals surface area contributed by atoms with Crippen molar-refractivity contribution in [2.45, 2.75) is 19.9 Å². The Morgan fingerprint density at radius 1 is 0.967 bits per heavy atom. The van der Waals surface area contributed by atoms with Crippen molar-refractivity contribution < 1.29 is 4.79 Å². The van der Waals surface area contributed by atoms with Crippen LogP contribution in [0.2, 0.25) is 0 Å². The van der Waals surface area contributed by atoms with E-state index in [9.17, 15) is 4.79 Å². The Bertz CT molecular complexity index is 753. The van der Waals surface area contributed by atoms with E-state index in [1.54, 1.807) is 19.0 Å². The molecule has 0 unspecified atom stereocenters. The second-order valence-electron chi connectivity index (χ2n) is 6.99. The molecule has 2 aromatic rings. The van der Waals surface area contributed by atoms with Crippen LogP contribution in [-0.4, -0.2) is 57.0 Å². The Labute approximate surface area is 197 Å². The van der Waals surface area contributed by atoms with Crippen LogP contribution in [0, 0.1) is 0 Å². The summed E-state index contributed by atoms with van der Waals surface area (Å²) in [6.07, 6.45) is 0.969. The van der Waals surface area contributed by atoms with Crippen LogP contribution in [0.1, 0.15) is 18.9 Å². The first-order valence-electron chi connectivity index (χ1n) is 10.2. The number of nitrogens with zero attached hydrogens (tertiary/aromatic N) is 3. The van der Waals surface area contributed by atoms with Gasteiger partial charge in [-0.05, 0) is 31.0 Å². The first-order valence-corrected chi connectivity index (χ1v) is 10.2. The number of guanidine groups is 1. The third-order valence-electron chi connectivity index (χ3n) is 4.57. The molecule has 0 saturated heterocycles. The quantitative estimate of drug-likeness (QED) is 0.217. The van der Waals surface area contributed by atoms with E-state index in [0.29, 0.717) is 12.5 Å². The van der Waals surface area contributed by atoms with Crippen molar-refractivity contribution in [3.8, 4) is 0 Å². The summed E-state index contributed by atoms with van der Waals surface area (Å²) in [4.78, 5) is 20.5. The molecule has 0 bridgehead atoms. The monoisotopic (exact) mass is 523 g/mol. The molecule has 0 atom stereocenters. The van der Waals surface area contributed by atoms with Crippen LogP contribution in [-0.2, 0) is 11.3 Å². The largest absolute Gasteiger partial charge is 0.372 e. The highest BCUT2D eigenvalue weighted by Crippen LogP contribution is 2.12. The van der Waals surface area contributed by atoms with Crippen LogP contribution in [0.3, 0.4) is 0 Å². The predicted octanol–water partition coefficient (Wildman–Crippen LogP) is 3.34. The number of halogens is 1. The zero-order valence-corrected chi connectivity index (χ0v) is 20.5. The number of carbonyl (C=O) groups is 1. The van der Waals surface area contributed by atoms with Crippen molar-refractivity contribution in [1.82, 2.24) is 15.5 Å². The van der Waals surface area contributed by atoms with Gasteiger partial charge in [-0.1, -0.05) is 48.5 Å². The summed E-state index contributed by atoms with van der Waals surface area (Å²) in [5, 5.41) is 6.50. The number of likely N-dealkylation sites (N-methyl/N-ethyl adjacent to an activating group) is 1. The number of nitrogens with one attached hydrogen (secondary N) is 2. The molecule has 0 heterocycles. The van der Waals surface area contributed by atoms with Gasteiger partial charge in [0.1, 0.15) is 0 Å². The fourth-order valence-corrected chi connectivity index (χ4v) is 2.83. The molecule has 0 spiro atoms. The maximum atomic E-state index is 11.9. The van der Waals surface area contributed by atoms with E-state index in [-0.39, 0.29) is 36.4 Å². The molecule has 0 radical (unpaired) electrons. The molecular weight excluding hydrogens is 489 g/mol. The topological polar surface area (TPSA) is 60.0 Å². The Hall–Kier alpha value is -2.29. The summed E-state index contributed by atoms with van der Waals surface area (Å²) in [5.74, 6) is 0.673. The normalized spacial score (nSPS) is 10.7. The number of rotatable bonds is 10. The van der Waals surface area contributed by atoms with E-state index in [1.807, 2.05) is 36.4 Å². The van der Waals surface area contributed by atoms with Gasteiger partial charge < -0.3 is 20.4 Å². The van der Waals surface area contributed by atoms with Gasteiger partial charge in [-0.25, -0.2) is 4.99 Å². The van der Waals surface area contributed by atoms with E-state index in [1.165, 1.54) is 5.69 Å². The minimum absolute atomic E-state index is 0. The lowest BCUT2D eigenvalue weighted by Gasteiger charge is -2.23. The fraction of sp³-hybridized carbons (Fsp3) is 0.391. The number of amides is 1.